The predicted molar refractivity (Wildman–Crippen MR) is 53.1 cm³/mol. The summed E-state index contributed by atoms with van der Waals surface area (Å²) < 4.78 is 5.65. The van der Waals surface area contributed by atoms with Crippen molar-refractivity contribution in [1.29, 1.82) is 0 Å². The lowest BCUT2D eigenvalue weighted by Crippen LogP contribution is -1.71. The van der Waals surface area contributed by atoms with Gasteiger partial charge in [-0.3, -0.25) is 4.79 Å². The molecule has 0 aliphatic carbocycles. The van der Waals surface area contributed by atoms with Gasteiger partial charge in [-0.15, -0.1) is 11.3 Å². The van der Waals surface area contributed by atoms with Gasteiger partial charge in [0.05, 0.1) is 6.20 Å². The Morgan fingerprint density at radius 1 is 1.64 bits per heavy atom. The second kappa shape index (κ2) is 4.12. The van der Waals surface area contributed by atoms with E-state index in [1.54, 1.807) is 0 Å². The molecule has 0 fully saturated rings. The quantitative estimate of drug-likeness (QED) is 0.780. The molecule has 0 atom stereocenters. The smallest absolute Gasteiger partial charge is 0.262 e. The summed E-state index contributed by atoms with van der Waals surface area (Å²) in [6, 6.07) is 0. The predicted octanol–water partition coefficient (Wildman–Crippen LogP) is 2.75. The van der Waals surface area contributed by atoms with Gasteiger partial charge in [0.15, 0.2) is 15.8 Å². The first kappa shape index (κ1) is 9.70. The van der Waals surface area contributed by atoms with Crippen molar-refractivity contribution in [3.63, 3.8) is 0 Å². The minimum Gasteiger partial charge on any atom is -0.440 e. The van der Waals surface area contributed by atoms with Crippen LogP contribution in [0, 0.1) is 0 Å². The van der Waals surface area contributed by atoms with Gasteiger partial charge in [0.1, 0.15) is 11.1 Å². The summed E-state index contributed by atoms with van der Waals surface area (Å²) in [6.07, 6.45) is 3.69. The van der Waals surface area contributed by atoms with E-state index in [2.05, 4.69) is 9.97 Å². The molecule has 0 aliphatic heterocycles. The van der Waals surface area contributed by atoms with Crippen LogP contribution >= 0.6 is 34.7 Å². The van der Waals surface area contributed by atoms with E-state index < -0.39 is 0 Å². The Morgan fingerprint density at radius 3 is 3.07 bits per heavy atom. The van der Waals surface area contributed by atoms with Crippen LogP contribution in [0.4, 0.5) is 0 Å². The Labute approximate surface area is 92.3 Å². The van der Waals surface area contributed by atoms with Crippen LogP contribution < -0.4 is 0 Å². The number of nitrogens with zero attached hydrogens (tertiary/aromatic N) is 2. The van der Waals surface area contributed by atoms with Crippen molar-refractivity contribution in [3.8, 4) is 0 Å². The van der Waals surface area contributed by atoms with Crippen LogP contribution in [0.25, 0.3) is 0 Å². The summed E-state index contributed by atoms with van der Waals surface area (Å²) in [4.78, 5) is 18.8. The molecule has 0 unspecified atom stereocenters. The number of rotatable bonds is 3. The van der Waals surface area contributed by atoms with Crippen LogP contribution in [0.15, 0.2) is 26.4 Å². The van der Waals surface area contributed by atoms with Gasteiger partial charge in [-0.05, 0) is 0 Å². The fraction of sp³-hybridized carbons (Fsp3) is 0. The van der Waals surface area contributed by atoms with Crippen molar-refractivity contribution >= 4 is 41.0 Å². The molecule has 7 heteroatoms. The minimum absolute atomic E-state index is 0.221. The standard InChI is InChI=1S/C7H3ClN2O2S2/c8-5-4(3-11)13-7(10-5)14-6-9-1-2-12-6/h1-3H. The first-order valence-corrected chi connectivity index (χ1v) is 5.49. The highest BCUT2D eigenvalue weighted by molar-refractivity contribution is 8.00. The molecule has 0 amide bonds. The van der Waals surface area contributed by atoms with E-state index in [1.807, 2.05) is 0 Å². The SMILES string of the molecule is O=Cc1sc(Sc2ncco2)nc1Cl. The first-order chi connectivity index (χ1) is 6.79. The summed E-state index contributed by atoms with van der Waals surface area (Å²) in [5.74, 6) is 0. The average Bonchev–Trinajstić information content (AvgIpc) is 2.76. The molecular weight excluding hydrogens is 244 g/mol. The fourth-order valence-corrected chi connectivity index (χ4v) is 2.75. The third-order valence-corrected chi connectivity index (χ3v) is 3.60. The highest BCUT2D eigenvalue weighted by Gasteiger charge is 2.11. The van der Waals surface area contributed by atoms with Crippen molar-refractivity contribution in [3.05, 3.63) is 22.5 Å². The first-order valence-electron chi connectivity index (χ1n) is 3.48. The molecule has 0 radical (unpaired) electrons. The third kappa shape index (κ3) is 1.97. The lowest BCUT2D eigenvalue weighted by Gasteiger charge is -1.86. The summed E-state index contributed by atoms with van der Waals surface area (Å²) in [5.41, 5.74) is 0. The number of hydrogen-bond acceptors (Lipinski definition) is 6. The molecule has 0 spiro atoms. The van der Waals surface area contributed by atoms with Crippen LogP contribution in [0.5, 0.6) is 0 Å². The van der Waals surface area contributed by atoms with Crippen molar-refractivity contribution in [2.24, 2.45) is 0 Å². The van der Waals surface area contributed by atoms with Crippen LogP contribution in [0.2, 0.25) is 5.15 Å². The molecule has 14 heavy (non-hydrogen) atoms. The van der Waals surface area contributed by atoms with Gasteiger partial charge in [0.25, 0.3) is 5.22 Å². The maximum absolute atomic E-state index is 10.5. The normalized spacial score (nSPS) is 10.4. The van der Waals surface area contributed by atoms with Gasteiger partial charge < -0.3 is 4.42 Å². The van der Waals surface area contributed by atoms with Crippen molar-refractivity contribution in [1.82, 2.24) is 9.97 Å². The summed E-state index contributed by atoms with van der Waals surface area (Å²) >= 11 is 8.13. The summed E-state index contributed by atoms with van der Waals surface area (Å²) in [7, 11) is 0. The Kier molecular flexibility index (Phi) is 2.85. The fourth-order valence-electron chi connectivity index (χ4n) is 0.746. The van der Waals surface area contributed by atoms with E-state index in [1.165, 1.54) is 35.6 Å². The molecule has 0 saturated heterocycles. The third-order valence-electron chi connectivity index (χ3n) is 1.28. The maximum Gasteiger partial charge on any atom is 0.262 e. The molecule has 72 valence electrons. The number of oxazole rings is 1. The number of aldehydes is 1. The van der Waals surface area contributed by atoms with E-state index in [4.69, 9.17) is 16.0 Å². The lowest BCUT2D eigenvalue weighted by atomic mass is 10.6. The minimum atomic E-state index is 0.221. The van der Waals surface area contributed by atoms with Gasteiger partial charge in [-0.1, -0.05) is 11.6 Å². The Bertz CT molecular complexity index is 440. The van der Waals surface area contributed by atoms with Gasteiger partial charge in [0, 0.05) is 11.8 Å². The van der Waals surface area contributed by atoms with Gasteiger partial charge in [-0.2, -0.15) is 0 Å². The largest absolute Gasteiger partial charge is 0.440 e. The van der Waals surface area contributed by atoms with Crippen LogP contribution in [-0.4, -0.2) is 16.3 Å². The van der Waals surface area contributed by atoms with Crippen molar-refractivity contribution < 1.29 is 9.21 Å². The number of carbonyl (C=O) groups is 1. The highest BCUT2D eigenvalue weighted by Crippen LogP contribution is 2.32. The number of aromatic nitrogens is 2. The number of hydrogen-bond donors (Lipinski definition) is 0. The molecule has 0 aromatic carbocycles. The molecular formula is C7H3ClN2O2S2. The zero-order valence-electron chi connectivity index (χ0n) is 6.64. The molecule has 2 heterocycles. The molecule has 0 aliphatic rings. The van der Waals surface area contributed by atoms with Gasteiger partial charge in [-0.25, -0.2) is 9.97 Å². The zero-order valence-corrected chi connectivity index (χ0v) is 9.03. The molecule has 2 rings (SSSR count). The van der Waals surface area contributed by atoms with Crippen molar-refractivity contribution in [2.75, 3.05) is 0 Å². The van der Waals surface area contributed by atoms with Gasteiger partial charge in [0.2, 0.25) is 0 Å². The van der Waals surface area contributed by atoms with Crippen LogP contribution in [0.1, 0.15) is 9.67 Å². The lowest BCUT2D eigenvalue weighted by molar-refractivity contribution is 0.112. The Morgan fingerprint density at radius 2 is 2.50 bits per heavy atom. The molecule has 0 bridgehead atoms. The molecule has 0 saturated carbocycles. The monoisotopic (exact) mass is 246 g/mol. The summed E-state index contributed by atoms with van der Waals surface area (Å²) in [5, 5.41) is 0.701. The highest BCUT2D eigenvalue weighted by atomic mass is 35.5. The van der Waals surface area contributed by atoms with E-state index >= 15 is 0 Å². The van der Waals surface area contributed by atoms with Crippen molar-refractivity contribution in [2.45, 2.75) is 9.56 Å². The van der Waals surface area contributed by atoms with E-state index in [0.29, 0.717) is 20.7 Å². The Hall–Kier alpha value is -0.850. The number of thiazole rings is 1. The van der Waals surface area contributed by atoms with Crippen LogP contribution in [-0.2, 0) is 0 Å². The number of carbonyl (C=O) groups excluding carboxylic acids is 1. The molecule has 0 N–H and O–H groups in total. The van der Waals surface area contributed by atoms with Crippen LogP contribution in [0.3, 0.4) is 0 Å². The molecule has 4 nitrogen and oxygen atoms in total. The zero-order chi connectivity index (χ0) is 9.97. The van der Waals surface area contributed by atoms with Gasteiger partial charge >= 0.3 is 0 Å². The second-order valence-electron chi connectivity index (χ2n) is 2.15. The van der Waals surface area contributed by atoms with E-state index in [0.717, 1.165) is 0 Å². The van der Waals surface area contributed by atoms with E-state index in [-0.39, 0.29) is 5.15 Å². The Balaban J connectivity index is 2.21. The maximum atomic E-state index is 10.5. The van der Waals surface area contributed by atoms with E-state index in [9.17, 15) is 4.79 Å². The molecule has 2 aromatic heterocycles. The molecule has 2 aromatic rings. The average molecular weight is 247 g/mol. The number of halogens is 1. The topological polar surface area (TPSA) is 56.0 Å². The summed E-state index contributed by atoms with van der Waals surface area (Å²) in [6.45, 7) is 0. The second-order valence-corrected chi connectivity index (χ2v) is 4.74.